The lowest BCUT2D eigenvalue weighted by molar-refractivity contribution is -0.121. The van der Waals surface area contributed by atoms with Crippen molar-refractivity contribution in [3.05, 3.63) is 24.3 Å². The fraction of sp³-hybridized carbons (Fsp3) is 0.500. The van der Waals surface area contributed by atoms with Crippen LogP contribution in [0.3, 0.4) is 0 Å². The van der Waals surface area contributed by atoms with Crippen molar-refractivity contribution in [3.8, 4) is 11.5 Å². The van der Waals surface area contributed by atoms with Gasteiger partial charge in [0.1, 0.15) is 0 Å². The second-order valence-electron chi connectivity index (χ2n) is 4.10. The molecule has 1 aromatic rings. The molecule has 0 fully saturated rings. The van der Waals surface area contributed by atoms with E-state index in [1.165, 1.54) is 0 Å². The Morgan fingerprint density at radius 2 is 2.00 bits per heavy atom. The predicted octanol–water partition coefficient (Wildman–Crippen LogP) is 1.32. The van der Waals surface area contributed by atoms with E-state index in [1.807, 2.05) is 24.3 Å². The summed E-state index contributed by atoms with van der Waals surface area (Å²) >= 11 is 0. The van der Waals surface area contributed by atoms with Gasteiger partial charge in [-0.25, -0.2) is 0 Å². The van der Waals surface area contributed by atoms with Gasteiger partial charge < -0.3 is 20.5 Å². The van der Waals surface area contributed by atoms with Crippen molar-refractivity contribution in [1.29, 1.82) is 0 Å². The summed E-state index contributed by atoms with van der Waals surface area (Å²) in [5, 5.41) is 2.81. The smallest absolute Gasteiger partial charge is 0.220 e. The highest BCUT2D eigenvalue weighted by Crippen LogP contribution is 2.25. The maximum atomic E-state index is 11.4. The van der Waals surface area contributed by atoms with E-state index in [4.69, 9.17) is 15.2 Å². The van der Waals surface area contributed by atoms with E-state index in [-0.39, 0.29) is 5.91 Å². The molecular weight excluding hydrogens is 244 g/mol. The maximum absolute atomic E-state index is 11.4. The van der Waals surface area contributed by atoms with E-state index < -0.39 is 0 Å². The van der Waals surface area contributed by atoms with E-state index in [1.54, 1.807) is 7.11 Å². The number of hydrogen-bond donors (Lipinski definition) is 2. The largest absolute Gasteiger partial charge is 0.493 e. The minimum absolute atomic E-state index is 0.0390. The Hall–Kier alpha value is -1.75. The van der Waals surface area contributed by atoms with E-state index in [9.17, 15) is 4.79 Å². The molecule has 1 amide bonds. The molecular formula is C14H22N2O3. The number of carbonyl (C=O) groups excluding carboxylic acids is 1. The number of methoxy groups -OCH3 is 1. The molecule has 0 aromatic heterocycles. The zero-order chi connectivity index (χ0) is 13.9. The van der Waals surface area contributed by atoms with Crippen LogP contribution in [0.4, 0.5) is 0 Å². The number of nitrogens with one attached hydrogen (secondary N) is 1. The molecule has 106 valence electrons. The number of carbonyl (C=O) groups is 1. The second kappa shape index (κ2) is 9.22. The van der Waals surface area contributed by atoms with Gasteiger partial charge >= 0.3 is 0 Å². The normalized spacial score (nSPS) is 10.0. The van der Waals surface area contributed by atoms with Gasteiger partial charge in [-0.15, -0.1) is 0 Å². The van der Waals surface area contributed by atoms with Crippen LogP contribution >= 0.6 is 0 Å². The van der Waals surface area contributed by atoms with Crippen LogP contribution < -0.4 is 20.5 Å². The molecule has 0 radical (unpaired) electrons. The molecule has 1 aromatic carbocycles. The van der Waals surface area contributed by atoms with Crippen LogP contribution in [0.15, 0.2) is 24.3 Å². The summed E-state index contributed by atoms with van der Waals surface area (Å²) in [6.45, 7) is 1.73. The first-order valence-electron chi connectivity index (χ1n) is 6.50. The first kappa shape index (κ1) is 15.3. The second-order valence-corrected chi connectivity index (χ2v) is 4.10. The number of hydrogen-bond acceptors (Lipinski definition) is 4. The minimum Gasteiger partial charge on any atom is -0.493 e. The summed E-state index contributed by atoms with van der Waals surface area (Å²) < 4.78 is 10.8. The van der Waals surface area contributed by atoms with Crippen molar-refractivity contribution in [3.63, 3.8) is 0 Å². The predicted molar refractivity (Wildman–Crippen MR) is 74.4 cm³/mol. The van der Waals surface area contributed by atoms with Crippen molar-refractivity contribution < 1.29 is 14.3 Å². The highest BCUT2D eigenvalue weighted by atomic mass is 16.5. The lowest BCUT2D eigenvalue weighted by Gasteiger charge is -2.10. The van der Waals surface area contributed by atoms with Crippen LogP contribution in [0.1, 0.15) is 19.3 Å². The molecule has 19 heavy (non-hydrogen) atoms. The molecule has 0 atom stereocenters. The van der Waals surface area contributed by atoms with Gasteiger partial charge in [-0.3, -0.25) is 4.79 Å². The first-order valence-corrected chi connectivity index (χ1v) is 6.50. The van der Waals surface area contributed by atoms with Crippen LogP contribution in [0, 0.1) is 0 Å². The molecule has 0 aliphatic heterocycles. The lowest BCUT2D eigenvalue weighted by atomic mass is 10.3. The Bertz CT molecular complexity index is 383. The first-order chi connectivity index (χ1) is 9.27. The summed E-state index contributed by atoms with van der Waals surface area (Å²) in [5.74, 6) is 1.44. The minimum atomic E-state index is 0.0390. The van der Waals surface area contributed by atoms with Crippen molar-refractivity contribution in [1.82, 2.24) is 5.32 Å². The molecule has 5 heteroatoms. The molecule has 0 unspecified atom stereocenters. The van der Waals surface area contributed by atoms with Crippen LogP contribution in [0.25, 0.3) is 0 Å². The number of para-hydroxylation sites is 2. The molecule has 0 saturated heterocycles. The average molecular weight is 266 g/mol. The van der Waals surface area contributed by atoms with Gasteiger partial charge in [-0.05, 0) is 31.5 Å². The van der Waals surface area contributed by atoms with Gasteiger partial charge in [0.15, 0.2) is 11.5 Å². The Morgan fingerprint density at radius 3 is 2.68 bits per heavy atom. The fourth-order valence-corrected chi connectivity index (χ4v) is 1.57. The molecule has 0 bridgehead atoms. The van der Waals surface area contributed by atoms with E-state index in [0.29, 0.717) is 44.0 Å². The number of benzene rings is 1. The monoisotopic (exact) mass is 266 g/mol. The van der Waals surface area contributed by atoms with Crippen LogP contribution in [0.5, 0.6) is 11.5 Å². The maximum Gasteiger partial charge on any atom is 0.220 e. The number of nitrogens with two attached hydrogens (primary N) is 1. The van der Waals surface area contributed by atoms with E-state index in [0.717, 1.165) is 6.42 Å². The van der Waals surface area contributed by atoms with Crippen molar-refractivity contribution in [2.45, 2.75) is 19.3 Å². The third-order valence-corrected chi connectivity index (χ3v) is 2.58. The van der Waals surface area contributed by atoms with Gasteiger partial charge in [-0.2, -0.15) is 0 Å². The lowest BCUT2D eigenvalue weighted by Crippen LogP contribution is -2.26. The molecule has 0 spiro atoms. The third-order valence-electron chi connectivity index (χ3n) is 2.58. The van der Waals surface area contributed by atoms with E-state index in [2.05, 4.69) is 5.32 Å². The zero-order valence-electron chi connectivity index (χ0n) is 11.4. The number of amides is 1. The quantitative estimate of drug-likeness (QED) is 0.661. The Balaban J connectivity index is 2.18. The van der Waals surface area contributed by atoms with Gasteiger partial charge in [0, 0.05) is 13.0 Å². The summed E-state index contributed by atoms with van der Waals surface area (Å²) in [6, 6.07) is 7.46. The molecule has 0 heterocycles. The zero-order valence-corrected chi connectivity index (χ0v) is 11.4. The number of ether oxygens (including phenoxy) is 2. The SMILES string of the molecule is COc1ccccc1OCCCC(=O)NCCCN. The topological polar surface area (TPSA) is 73.6 Å². The highest BCUT2D eigenvalue weighted by Gasteiger charge is 2.04. The Labute approximate surface area is 114 Å². The third kappa shape index (κ3) is 6.10. The molecule has 0 saturated carbocycles. The van der Waals surface area contributed by atoms with Gasteiger partial charge in [0.25, 0.3) is 0 Å². The van der Waals surface area contributed by atoms with Gasteiger partial charge in [0.05, 0.1) is 13.7 Å². The highest BCUT2D eigenvalue weighted by molar-refractivity contribution is 5.75. The molecule has 1 rings (SSSR count). The van der Waals surface area contributed by atoms with Crippen molar-refractivity contribution >= 4 is 5.91 Å². The van der Waals surface area contributed by atoms with Gasteiger partial charge in [-0.1, -0.05) is 12.1 Å². The average Bonchev–Trinajstić information content (AvgIpc) is 2.44. The fourth-order valence-electron chi connectivity index (χ4n) is 1.57. The molecule has 3 N–H and O–H groups in total. The van der Waals surface area contributed by atoms with Crippen molar-refractivity contribution in [2.75, 3.05) is 26.8 Å². The van der Waals surface area contributed by atoms with Crippen LogP contribution in [0.2, 0.25) is 0 Å². The van der Waals surface area contributed by atoms with E-state index >= 15 is 0 Å². The van der Waals surface area contributed by atoms with Crippen LogP contribution in [-0.4, -0.2) is 32.7 Å². The standard InChI is InChI=1S/C14H22N2O3/c1-18-12-6-2-3-7-13(12)19-11-4-8-14(17)16-10-5-9-15/h2-3,6-7H,4-5,8-11,15H2,1H3,(H,16,17). The van der Waals surface area contributed by atoms with Crippen molar-refractivity contribution in [2.24, 2.45) is 5.73 Å². The summed E-state index contributed by atoms with van der Waals surface area (Å²) in [5.41, 5.74) is 5.34. The Morgan fingerprint density at radius 1 is 1.26 bits per heavy atom. The molecule has 5 nitrogen and oxygen atoms in total. The summed E-state index contributed by atoms with van der Waals surface area (Å²) in [6.07, 6.45) is 1.94. The number of rotatable bonds is 9. The van der Waals surface area contributed by atoms with Gasteiger partial charge in [0.2, 0.25) is 5.91 Å². The van der Waals surface area contributed by atoms with Crippen LogP contribution in [-0.2, 0) is 4.79 Å². The Kier molecular flexibility index (Phi) is 7.43. The molecule has 0 aliphatic carbocycles. The summed E-state index contributed by atoms with van der Waals surface area (Å²) in [7, 11) is 1.60. The molecule has 0 aliphatic rings. The summed E-state index contributed by atoms with van der Waals surface area (Å²) in [4.78, 5) is 11.4.